The zero-order valence-electron chi connectivity index (χ0n) is 11.3. The largest absolute Gasteiger partial charge is 0.316 e. The minimum atomic E-state index is -3.81. The topological polar surface area (TPSA) is 71.1 Å². The molecule has 114 valence electrons. The highest BCUT2D eigenvalue weighted by atomic mass is 35.5. The van der Waals surface area contributed by atoms with Gasteiger partial charge in [0.15, 0.2) is 5.13 Å². The number of aryl methyl sites for hydroxylation is 1. The van der Waals surface area contributed by atoms with Crippen molar-refractivity contribution in [2.24, 2.45) is 0 Å². The summed E-state index contributed by atoms with van der Waals surface area (Å²) < 4.78 is 27.2. The van der Waals surface area contributed by atoms with Crippen molar-refractivity contribution in [1.82, 2.24) is 10.3 Å². The molecule has 21 heavy (non-hydrogen) atoms. The highest BCUT2D eigenvalue weighted by molar-refractivity contribution is 7.93. The van der Waals surface area contributed by atoms with Gasteiger partial charge in [0.1, 0.15) is 4.90 Å². The Morgan fingerprint density at radius 2 is 2.00 bits per heavy atom. The number of sulfonamides is 1. The molecule has 5 nitrogen and oxygen atoms in total. The van der Waals surface area contributed by atoms with E-state index < -0.39 is 10.0 Å². The Balaban J connectivity index is 2.41. The first-order valence-corrected chi connectivity index (χ1v) is 8.97. The van der Waals surface area contributed by atoms with E-state index in [4.69, 9.17) is 23.2 Å². The van der Waals surface area contributed by atoms with Crippen LogP contribution in [0.25, 0.3) is 0 Å². The maximum Gasteiger partial charge on any atom is 0.265 e. The number of hydrogen-bond donors (Lipinski definition) is 2. The lowest BCUT2D eigenvalue weighted by atomic mass is 10.2. The van der Waals surface area contributed by atoms with Crippen LogP contribution in [0, 0.1) is 6.92 Å². The van der Waals surface area contributed by atoms with Gasteiger partial charge < -0.3 is 5.32 Å². The summed E-state index contributed by atoms with van der Waals surface area (Å²) in [5.41, 5.74) is 0.652. The van der Waals surface area contributed by atoms with Gasteiger partial charge in [0.05, 0.1) is 5.02 Å². The Bertz CT molecular complexity index is 760. The monoisotopic (exact) mass is 365 g/mol. The summed E-state index contributed by atoms with van der Waals surface area (Å²) in [5.74, 6) is 0. The number of nitrogens with one attached hydrogen (secondary N) is 2. The Morgan fingerprint density at radius 1 is 1.29 bits per heavy atom. The minimum absolute atomic E-state index is 0.0216. The molecule has 0 spiro atoms. The standard InChI is InChI=1S/C12H13Cl2N3O2S2/c1-7-5-16-12(20-7)17-21(18,19)11-3-8(6-15-2)9(13)4-10(11)14/h3-5,15H,6H2,1-2H3,(H,16,17). The smallest absolute Gasteiger partial charge is 0.265 e. The predicted molar refractivity (Wildman–Crippen MR) is 86.9 cm³/mol. The van der Waals surface area contributed by atoms with Crippen molar-refractivity contribution in [3.63, 3.8) is 0 Å². The molecule has 1 aromatic carbocycles. The quantitative estimate of drug-likeness (QED) is 0.852. The number of hydrogen-bond acceptors (Lipinski definition) is 5. The van der Waals surface area contributed by atoms with Crippen molar-refractivity contribution in [1.29, 1.82) is 0 Å². The molecule has 0 amide bonds. The highest BCUT2D eigenvalue weighted by Gasteiger charge is 2.21. The Morgan fingerprint density at radius 3 is 2.57 bits per heavy atom. The van der Waals surface area contributed by atoms with Gasteiger partial charge in [-0.1, -0.05) is 23.2 Å². The molecule has 0 saturated heterocycles. The van der Waals surface area contributed by atoms with Gasteiger partial charge >= 0.3 is 0 Å². The second-order valence-corrected chi connectivity index (χ2v) is 7.99. The van der Waals surface area contributed by atoms with Gasteiger partial charge in [-0.15, -0.1) is 11.3 Å². The fourth-order valence-corrected chi connectivity index (χ4v) is 4.45. The van der Waals surface area contributed by atoms with E-state index in [1.54, 1.807) is 13.2 Å². The van der Waals surface area contributed by atoms with Gasteiger partial charge in [0.2, 0.25) is 0 Å². The van der Waals surface area contributed by atoms with Gasteiger partial charge in [-0.2, -0.15) is 0 Å². The van der Waals surface area contributed by atoms with Crippen LogP contribution in [-0.4, -0.2) is 20.4 Å². The molecule has 0 aliphatic heterocycles. The molecule has 2 aromatic rings. The SMILES string of the molecule is CNCc1cc(S(=O)(=O)Nc2ncc(C)s2)c(Cl)cc1Cl. The van der Waals surface area contributed by atoms with Gasteiger partial charge in [-0.05, 0) is 31.7 Å². The average Bonchev–Trinajstić information content (AvgIpc) is 2.77. The molecule has 2 rings (SSSR count). The molecule has 1 heterocycles. The summed E-state index contributed by atoms with van der Waals surface area (Å²) in [6.45, 7) is 2.28. The minimum Gasteiger partial charge on any atom is -0.316 e. The lowest BCUT2D eigenvalue weighted by molar-refractivity contribution is 0.601. The lowest BCUT2D eigenvalue weighted by Gasteiger charge is -2.11. The number of anilines is 1. The van der Waals surface area contributed by atoms with E-state index in [1.807, 2.05) is 6.92 Å². The number of rotatable bonds is 5. The number of benzene rings is 1. The van der Waals surface area contributed by atoms with Crippen LogP contribution in [0.2, 0.25) is 10.0 Å². The Hall–Kier alpha value is -0.860. The first-order chi connectivity index (χ1) is 9.83. The predicted octanol–water partition coefficient (Wildman–Crippen LogP) is 3.28. The second-order valence-electron chi connectivity index (χ2n) is 4.29. The van der Waals surface area contributed by atoms with E-state index in [0.29, 0.717) is 22.3 Å². The molecule has 0 fully saturated rings. The van der Waals surface area contributed by atoms with Crippen LogP contribution in [0.5, 0.6) is 0 Å². The van der Waals surface area contributed by atoms with Crippen LogP contribution in [0.1, 0.15) is 10.4 Å². The molecule has 0 atom stereocenters. The van der Waals surface area contributed by atoms with Crippen LogP contribution >= 0.6 is 34.5 Å². The summed E-state index contributed by atoms with van der Waals surface area (Å²) in [5, 5.41) is 3.71. The van der Waals surface area contributed by atoms with Gasteiger partial charge in [-0.25, -0.2) is 13.4 Å². The van der Waals surface area contributed by atoms with Crippen molar-refractivity contribution < 1.29 is 8.42 Å². The number of halogens is 2. The van der Waals surface area contributed by atoms with Crippen molar-refractivity contribution in [3.05, 3.63) is 38.8 Å². The van der Waals surface area contributed by atoms with Crippen LogP contribution < -0.4 is 10.0 Å². The normalized spacial score (nSPS) is 11.6. The fourth-order valence-electron chi connectivity index (χ4n) is 1.67. The van der Waals surface area contributed by atoms with Crippen molar-refractivity contribution in [2.45, 2.75) is 18.4 Å². The van der Waals surface area contributed by atoms with Crippen LogP contribution in [0.15, 0.2) is 23.2 Å². The molecule has 0 saturated carbocycles. The van der Waals surface area contributed by atoms with E-state index in [0.717, 1.165) is 4.88 Å². The molecule has 0 unspecified atom stereocenters. The molecule has 9 heteroatoms. The van der Waals surface area contributed by atoms with Crippen molar-refractivity contribution >= 4 is 49.7 Å². The number of aromatic nitrogens is 1. The summed E-state index contributed by atoms with van der Waals surface area (Å²) in [6, 6.07) is 2.89. The van der Waals surface area contributed by atoms with Gasteiger partial charge in [0.25, 0.3) is 10.0 Å². The van der Waals surface area contributed by atoms with Gasteiger partial charge in [0, 0.05) is 22.6 Å². The maximum atomic E-state index is 12.4. The van der Waals surface area contributed by atoms with Crippen molar-refractivity contribution in [2.75, 3.05) is 11.8 Å². The average molecular weight is 366 g/mol. The molecule has 1 aromatic heterocycles. The summed E-state index contributed by atoms with van der Waals surface area (Å²) in [6.07, 6.45) is 1.60. The molecule has 0 radical (unpaired) electrons. The maximum absolute atomic E-state index is 12.4. The van der Waals surface area contributed by atoms with E-state index in [-0.39, 0.29) is 9.92 Å². The van der Waals surface area contributed by atoms with Crippen LogP contribution in [0.4, 0.5) is 5.13 Å². The molecule has 0 bridgehead atoms. The first-order valence-electron chi connectivity index (χ1n) is 5.91. The third kappa shape index (κ3) is 3.87. The first kappa shape index (κ1) is 16.5. The van der Waals surface area contributed by atoms with Crippen molar-refractivity contribution in [3.8, 4) is 0 Å². The second kappa shape index (κ2) is 6.50. The third-order valence-electron chi connectivity index (χ3n) is 2.60. The molecule has 0 aliphatic rings. The van der Waals surface area contributed by atoms with Crippen LogP contribution in [0.3, 0.4) is 0 Å². The third-order valence-corrected chi connectivity index (χ3v) is 5.71. The summed E-state index contributed by atoms with van der Waals surface area (Å²) >= 11 is 13.3. The molecular weight excluding hydrogens is 353 g/mol. The molecule has 2 N–H and O–H groups in total. The molecule has 0 aliphatic carbocycles. The molecular formula is C12H13Cl2N3O2S2. The van der Waals surface area contributed by atoms with Crippen LogP contribution in [-0.2, 0) is 16.6 Å². The fraction of sp³-hybridized carbons (Fsp3) is 0.250. The zero-order valence-corrected chi connectivity index (χ0v) is 14.4. The number of thiazole rings is 1. The van der Waals surface area contributed by atoms with E-state index in [1.165, 1.54) is 23.5 Å². The zero-order chi connectivity index (χ0) is 15.6. The number of nitrogens with zero attached hydrogens (tertiary/aromatic N) is 1. The van der Waals surface area contributed by atoms with Gasteiger partial charge in [-0.3, -0.25) is 4.72 Å². The van der Waals surface area contributed by atoms with E-state index >= 15 is 0 Å². The summed E-state index contributed by atoms with van der Waals surface area (Å²) in [7, 11) is -2.06. The Kier molecular flexibility index (Phi) is 5.11. The lowest BCUT2D eigenvalue weighted by Crippen LogP contribution is -2.14. The van der Waals surface area contributed by atoms with E-state index in [9.17, 15) is 8.42 Å². The Labute approximate surface area is 137 Å². The van der Waals surface area contributed by atoms with E-state index in [2.05, 4.69) is 15.0 Å². The summed E-state index contributed by atoms with van der Waals surface area (Å²) in [4.78, 5) is 4.87. The highest BCUT2D eigenvalue weighted by Crippen LogP contribution is 2.30.